The third-order valence-corrected chi connectivity index (χ3v) is 1.88. The topological polar surface area (TPSA) is 0 Å². The second kappa shape index (κ2) is 4.61. The maximum Gasteiger partial charge on any atom is 0.126 e. The first-order valence-corrected chi connectivity index (χ1v) is 4.33. The summed E-state index contributed by atoms with van der Waals surface area (Å²) in [5.74, 6) is -0.172. The molecule has 0 radical (unpaired) electrons. The lowest BCUT2D eigenvalue weighted by Crippen LogP contribution is -1.83. The smallest absolute Gasteiger partial charge is 0.126 e. The highest BCUT2D eigenvalue weighted by molar-refractivity contribution is 5.76. The molecule has 68 valence electrons. The molecule has 13 heavy (non-hydrogen) atoms. The second-order valence-electron chi connectivity index (χ2n) is 2.70. The summed E-state index contributed by atoms with van der Waals surface area (Å²) in [6, 6.07) is 9.53. The van der Waals surface area contributed by atoms with Crippen LogP contribution in [0.1, 0.15) is 19.4 Å². The lowest BCUT2D eigenvalue weighted by Gasteiger charge is -2.03. The first-order chi connectivity index (χ1) is 6.29. The molecule has 1 aromatic rings. The van der Waals surface area contributed by atoms with E-state index in [9.17, 15) is 4.39 Å². The highest BCUT2D eigenvalue weighted by atomic mass is 19.1. The van der Waals surface area contributed by atoms with Crippen molar-refractivity contribution in [2.45, 2.75) is 13.8 Å². The highest BCUT2D eigenvalue weighted by Gasteiger charge is 2.03. The van der Waals surface area contributed by atoms with Gasteiger partial charge in [-0.1, -0.05) is 42.5 Å². The predicted molar refractivity (Wildman–Crippen MR) is 55.0 cm³/mol. The van der Waals surface area contributed by atoms with Crippen LogP contribution in [0.5, 0.6) is 0 Å². The predicted octanol–water partition coefficient (Wildman–Crippen LogP) is 3.96. The SMILES string of the molecule is CC=C(F)C(=CC)c1ccccc1. The molecular formula is C12H13F. The minimum atomic E-state index is -0.172. The normalized spacial score (nSPS) is 13.2. The Bertz CT molecular complexity index is 320. The third kappa shape index (κ3) is 2.28. The molecule has 0 N–H and O–H groups in total. The van der Waals surface area contributed by atoms with E-state index < -0.39 is 0 Å². The van der Waals surface area contributed by atoms with Gasteiger partial charge in [0, 0.05) is 5.57 Å². The summed E-state index contributed by atoms with van der Waals surface area (Å²) in [6.07, 6.45) is 3.26. The van der Waals surface area contributed by atoms with Gasteiger partial charge in [-0.15, -0.1) is 0 Å². The number of rotatable bonds is 2. The van der Waals surface area contributed by atoms with Gasteiger partial charge in [0.1, 0.15) is 5.83 Å². The van der Waals surface area contributed by atoms with Gasteiger partial charge in [-0.3, -0.25) is 0 Å². The van der Waals surface area contributed by atoms with Crippen LogP contribution in [0.4, 0.5) is 4.39 Å². The molecule has 0 aromatic heterocycles. The quantitative estimate of drug-likeness (QED) is 0.598. The van der Waals surface area contributed by atoms with Crippen LogP contribution in [0.2, 0.25) is 0 Å². The average molecular weight is 176 g/mol. The van der Waals surface area contributed by atoms with Crippen molar-refractivity contribution in [3.8, 4) is 0 Å². The van der Waals surface area contributed by atoms with Gasteiger partial charge in [-0.2, -0.15) is 0 Å². The Morgan fingerprint density at radius 2 is 1.69 bits per heavy atom. The van der Waals surface area contributed by atoms with Crippen LogP contribution in [0, 0.1) is 0 Å². The molecule has 1 heteroatoms. The van der Waals surface area contributed by atoms with Gasteiger partial charge < -0.3 is 0 Å². The molecule has 0 bridgehead atoms. The van der Waals surface area contributed by atoms with Crippen molar-refractivity contribution in [3.05, 3.63) is 53.9 Å². The number of hydrogen-bond acceptors (Lipinski definition) is 0. The Morgan fingerprint density at radius 3 is 2.15 bits per heavy atom. The molecule has 0 spiro atoms. The Morgan fingerprint density at radius 1 is 1.08 bits per heavy atom. The van der Waals surface area contributed by atoms with Crippen LogP contribution in [0.15, 0.2) is 48.3 Å². The summed E-state index contributed by atoms with van der Waals surface area (Å²) < 4.78 is 13.3. The van der Waals surface area contributed by atoms with E-state index in [2.05, 4.69) is 0 Å². The van der Waals surface area contributed by atoms with Crippen LogP contribution in [-0.4, -0.2) is 0 Å². The molecule has 0 aliphatic heterocycles. The van der Waals surface area contributed by atoms with Gasteiger partial charge >= 0.3 is 0 Å². The molecule has 0 nitrogen and oxygen atoms in total. The van der Waals surface area contributed by atoms with Gasteiger partial charge in [-0.05, 0) is 19.4 Å². The Balaban J connectivity index is 3.07. The molecule has 0 atom stereocenters. The summed E-state index contributed by atoms with van der Waals surface area (Å²) in [6.45, 7) is 3.53. The Labute approximate surface area is 78.4 Å². The zero-order valence-corrected chi connectivity index (χ0v) is 7.92. The molecule has 0 saturated heterocycles. The highest BCUT2D eigenvalue weighted by Crippen LogP contribution is 2.23. The summed E-state index contributed by atoms with van der Waals surface area (Å²) in [7, 11) is 0. The molecule has 0 saturated carbocycles. The third-order valence-electron chi connectivity index (χ3n) is 1.88. The number of allylic oxidation sites excluding steroid dienone is 4. The number of benzene rings is 1. The van der Waals surface area contributed by atoms with Crippen molar-refractivity contribution in [3.63, 3.8) is 0 Å². The number of hydrogen-bond donors (Lipinski definition) is 0. The molecule has 0 heterocycles. The van der Waals surface area contributed by atoms with Crippen LogP contribution >= 0.6 is 0 Å². The lowest BCUT2D eigenvalue weighted by atomic mass is 10.0. The van der Waals surface area contributed by atoms with Gasteiger partial charge in [0.15, 0.2) is 0 Å². The fourth-order valence-corrected chi connectivity index (χ4v) is 1.22. The second-order valence-corrected chi connectivity index (χ2v) is 2.70. The Hall–Kier alpha value is -1.37. The summed E-state index contributed by atoms with van der Waals surface area (Å²) in [5, 5.41) is 0. The first-order valence-electron chi connectivity index (χ1n) is 4.33. The monoisotopic (exact) mass is 176 g/mol. The molecule has 0 aliphatic carbocycles. The van der Waals surface area contributed by atoms with Gasteiger partial charge in [0.25, 0.3) is 0 Å². The van der Waals surface area contributed by atoms with Crippen molar-refractivity contribution in [1.29, 1.82) is 0 Å². The van der Waals surface area contributed by atoms with E-state index in [-0.39, 0.29) is 5.83 Å². The first kappa shape index (κ1) is 9.72. The van der Waals surface area contributed by atoms with Gasteiger partial charge in [0.05, 0.1) is 0 Å². The zero-order valence-electron chi connectivity index (χ0n) is 7.92. The molecule has 0 unspecified atom stereocenters. The van der Waals surface area contributed by atoms with E-state index in [1.807, 2.05) is 37.3 Å². The van der Waals surface area contributed by atoms with E-state index in [4.69, 9.17) is 0 Å². The van der Waals surface area contributed by atoms with E-state index in [1.54, 1.807) is 13.0 Å². The van der Waals surface area contributed by atoms with Crippen LogP contribution in [0.25, 0.3) is 5.57 Å². The zero-order chi connectivity index (χ0) is 9.68. The fraction of sp³-hybridized carbons (Fsp3) is 0.167. The maximum absolute atomic E-state index is 13.3. The lowest BCUT2D eigenvalue weighted by molar-refractivity contribution is 0.671. The standard InChI is InChI=1S/C12H13F/c1-3-11(12(13)4-2)10-8-6-5-7-9-10/h3-9H,1-2H3. The van der Waals surface area contributed by atoms with Crippen LogP contribution in [0.3, 0.4) is 0 Å². The van der Waals surface area contributed by atoms with E-state index in [0.29, 0.717) is 5.57 Å². The van der Waals surface area contributed by atoms with Crippen molar-refractivity contribution in [2.24, 2.45) is 0 Å². The molecular weight excluding hydrogens is 163 g/mol. The minimum Gasteiger partial charge on any atom is -0.207 e. The van der Waals surface area contributed by atoms with Crippen molar-refractivity contribution in [1.82, 2.24) is 0 Å². The molecule has 0 fully saturated rings. The fourth-order valence-electron chi connectivity index (χ4n) is 1.22. The summed E-state index contributed by atoms with van der Waals surface area (Å²) in [4.78, 5) is 0. The summed E-state index contributed by atoms with van der Waals surface area (Å²) >= 11 is 0. The van der Waals surface area contributed by atoms with Crippen molar-refractivity contribution < 1.29 is 4.39 Å². The number of halogens is 1. The van der Waals surface area contributed by atoms with E-state index in [0.717, 1.165) is 5.56 Å². The largest absolute Gasteiger partial charge is 0.207 e. The van der Waals surface area contributed by atoms with Crippen LogP contribution in [-0.2, 0) is 0 Å². The molecule has 0 aliphatic rings. The van der Waals surface area contributed by atoms with E-state index >= 15 is 0 Å². The average Bonchev–Trinajstić information content (AvgIpc) is 2.20. The molecule has 1 aromatic carbocycles. The van der Waals surface area contributed by atoms with Gasteiger partial charge in [0.2, 0.25) is 0 Å². The molecule has 1 rings (SSSR count). The Kier molecular flexibility index (Phi) is 3.44. The van der Waals surface area contributed by atoms with Crippen molar-refractivity contribution >= 4 is 5.57 Å². The van der Waals surface area contributed by atoms with Crippen LogP contribution < -0.4 is 0 Å². The summed E-state index contributed by atoms with van der Waals surface area (Å²) in [5.41, 5.74) is 1.57. The molecule has 0 amide bonds. The minimum absolute atomic E-state index is 0.172. The van der Waals surface area contributed by atoms with Gasteiger partial charge in [-0.25, -0.2) is 4.39 Å². The van der Waals surface area contributed by atoms with E-state index in [1.165, 1.54) is 6.08 Å². The van der Waals surface area contributed by atoms with Crippen molar-refractivity contribution in [2.75, 3.05) is 0 Å². The maximum atomic E-state index is 13.3.